The minimum atomic E-state index is -4.39. The molecule has 0 aromatic carbocycles. The highest BCUT2D eigenvalue weighted by Crippen LogP contribution is 2.43. The largest absolute Gasteiger partial charge is 0.472 e. The standard InChI is InChI=1S/C75H140NO8P/c1-3-5-7-9-11-13-15-17-19-21-23-25-27-29-30-31-32-33-34-35-36-37-38-39-40-41-42-44-45-47-49-51-53-55-57-59-61-63-65-67-74(77)81-71-73(72-83-85(79,80)82-70-69-76)84-75(78)68-66-64-62-60-58-56-54-52-50-48-46-43-28-26-24-22-20-18-16-14-12-10-8-6-4-2/h6,8,12,14,18,20-21,23-24,26,73H,3-5,7,9-11,13,15-17,19,22,25,27-72,76H2,1-2H3,(H,79,80)/b8-6-,14-12-,20-18-,23-21-,26-24-. The van der Waals surface area contributed by atoms with Crippen LogP contribution in [-0.4, -0.2) is 49.3 Å². The van der Waals surface area contributed by atoms with Gasteiger partial charge >= 0.3 is 19.8 Å². The predicted octanol–water partition coefficient (Wildman–Crippen LogP) is 24.2. The van der Waals surface area contributed by atoms with Gasteiger partial charge in [-0.25, -0.2) is 4.57 Å². The van der Waals surface area contributed by atoms with Gasteiger partial charge in [-0.15, -0.1) is 0 Å². The second kappa shape index (κ2) is 70.8. The SMILES string of the molecule is CC/C=C\C/C=C\C/C=C\C/C=C\CCCCCCCCCCCCCCC(=O)OC(COC(=O)CCCCCCCCCCCCCCCCCCCCCCCCCCCCC/C=C\CCCCCCCCCC)COP(=O)(O)OCCN. The van der Waals surface area contributed by atoms with Crippen molar-refractivity contribution in [3.8, 4) is 0 Å². The quantitative estimate of drug-likeness (QED) is 0.0264. The number of ether oxygens (including phenoxy) is 2. The van der Waals surface area contributed by atoms with Gasteiger partial charge in [-0.3, -0.25) is 18.6 Å². The minimum Gasteiger partial charge on any atom is -0.462 e. The van der Waals surface area contributed by atoms with Gasteiger partial charge in [0.05, 0.1) is 13.2 Å². The summed E-state index contributed by atoms with van der Waals surface area (Å²) in [5, 5.41) is 0. The van der Waals surface area contributed by atoms with E-state index in [0.717, 1.165) is 64.2 Å². The summed E-state index contributed by atoms with van der Waals surface area (Å²) in [6.07, 6.45) is 92.0. The number of unbranched alkanes of at least 4 members (excludes halogenated alkanes) is 47. The van der Waals surface area contributed by atoms with E-state index in [2.05, 4.69) is 74.6 Å². The number of phosphoric acid groups is 1. The lowest BCUT2D eigenvalue weighted by Gasteiger charge is -2.19. The van der Waals surface area contributed by atoms with Gasteiger partial charge in [0.15, 0.2) is 6.10 Å². The van der Waals surface area contributed by atoms with E-state index >= 15 is 0 Å². The fourth-order valence-electron chi connectivity index (χ4n) is 11.0. The highest BCUT2D eigenvalue weighted by molar-refractivity contribution is 7.47. The zero-order chi connectivity index (χ0) is 61.6. The molecule has 3 N–H and O–H groups in total. The maximum Gasteiger partial charge on any atom is 0.472 e. The van der Waals surface area contributed by atoms with Gasteiger partial charge in [0, 0.05) is 19.4 Å². The molecule has 498 valence electrons. The lowest BCUT2D eigenvalue weighted by atomic mass is 10.0. The van der Waals surface area contributed by atoms with Crippen LogP contribution in [-0.2, 0) is 32.7 Å². The summed E-state index contributed by atoms with van der Waals surface area (Å²) in [7, 11) is -4.39. The van der Waals surface area contributed by atoms with E-state index in [-0.39, 0.29) is 38.6 Å². The van der Waals surface area contributed by atoms with E-state index in [9.17, 15) is 19.0 Å². The molecule has 0 radical (unpaired) electrons. The summed E-state index contributed by atoms with van der Waals surface area (Å²) in [4.78, 5) is 35.4. The molecule has 0 saturated heterocycles. The Labute approximate surface area is 527 Å². The van der Waals surface area contributed by atoms with Crippen molar-refractivity contribution < 1.29 is 37.6 Å². The molecule has 0 heterocycles. The monoisotopic (exact) mass is 1210 g/mol. The van der Waals surface area contributed by atoms with E-state index in [0.29, 0.717) is 6.42 Å². The van der Waals surface area contributed by atoms with Crippen molar-refractivity contribution in [3.05, 3.63) is 60.8 Å². The summed E-state index contributed by atoms with van der Waals surface area (Å²) >= 11 is 0. The van der Waals surface area contributed by atoms with Crippen molar-refractivity contribution in [1.29, 1.82) is 0 Å². The number of allylic oxidation sites excluding steroid dienone is 10. The molecule has 0 bridgehead atoms. The Bertz CT molecular complexity index is 1580. The van der Waals surface area contributed by atoms with Gasteiger partial charge < -0.3 is 20.1 Å². The van der Waals surface area contributed by atoms with Crippen molar-refractivity contribution in [2.45, 2.75) is 380 Å². The Morgan fingerprint density at radius 3 is 0.976 bits per heavy atom. The Kier molecular flexibility index (Phi) is 68.9. The molecule has 10 heteroatoms. The first-order chi connectivity index (χ1) is 41.8. The van der Waals surface area contributed by atoms with Gasteiger partial charge in [-0.05, 0) is 77.0 Å². The van der Waals surface area contributed by atoms with Crippen LogP contribution < -0.4 is 5.73 Å². The fourth-order valence-corrected chi connectivity index (χ4v) is 11.7. The lowest BCUT2D eigenvalue weighted by molar-refractivity contribution is -0.161. The first-order valence-corrected chi connectivity index (χ1v) is 38.3. The van der Waals surface area contributed by atoms with Crippen molar-refractivity contribution in [2.75, 3.05) is 26.4 Å². The van der Waals surface area contributed by atoms with Gasteiger partial charge in [-0.1, -0.05) is 344 Å². The summed E-state index contributed by atoms with van der Waals surface area (Å²) in [6.45, 7) is 3.69. The van der Waals surface area contributed by atoms with Crippen molar-refractivity contribution in [3.63, 3.8) is 0 Å². The Morgan fingerprint density at radius 2 is 0.647 bits per heavy atom. The Hall–Kier alpha value is -2.29. The predicted molar refractivity (Wildman–Crippen MR) is 367 cm³/mol. The molecule has 0 aromatic heterocycles. The third kappa shape index (κ3) is 70.7. The number of carbonyl (C=O) groups excluding carboxylic acids is 2. The van der Waals surface area contributed by atoms with Crippen LogP contribution in [0.2, 0.25) is 0 Å². The third-order valence-corrected chi connectivity index (χ3v) is 17.4. The van der Waals surface area contributed by atoms with E-state index in [4.69, 9.17) is 24.3 Å². The minimum absolute atomic E-state index is 0.0533. The van der Waals surface area contributed by atoms with E-state index in [1.165, 1.54) is 276 Å². The van der Waals surface area contributed by atoms with Crippen LogP contribution in [0.25, 0.3) is 0 Å². The number of esters is 2. The highest BCUT2D eigenvalue weighted by Gasteiger charge is 2.26. The molecule has 0 amide bonds. The second-order valence-corrected chi connectivity index (χ2v) is 26.2. The zero-order valence-electron chi connectivity index (χ0n) is 56.1. The molecular formula is C75H140NO8P. The Balaban J connectivity index is 3.77. The molecular weight excluding hydrogens is 1070 g/mol. The smallest absolute Gasteiger partial charge is 0.462 e. The van der Waals surface area contributed by atoms with E-state index in [1.54, 1.807) is 0 Å². The fraction of sp³-hybridized carbons (Fsp3) is 0.840. The third-order valence-electron chi connectivity index (χ3n) is 16.4. The second-order valence-electron chi connectivity index (χ2n) is 24.8. The first kappa shape index (κ1) is 82.7. The van der Waals surface area contributed by atoms with Crippen LogP contribution in [0.5, 0.6) is 0 Å². The first-order valence-electron chi connectivity index (χ1n) is 36.8. The van der Waals surface area contributed by atoms with Crippen molar-refractivity contribution in [2.24, 2.45) is 5.73 Å². The van der Waals surface area contributed by atoms with Crippen LogP contribution in [0.3, 0.4) is 0 Å². The summed E-state index contributed by atoms with van der Waals surface area (Å²) in [5.41, 5.74) is 5.40. The number of carbonyl (C=O) groups is 2. The number of rotatable bonds is 70. The number of nitrogens with two attached hydrogens (primary N) is 1. The van der Waals surface area contributed by atoms with Crippen LogP contribution in [0.4, 0.5) is 0 Å². The highest BCUT2D eigenvalue weighted by atomic mass is 31.2. The topological polar surface area (TPSA) is 134 Å². The average Bonchev–Trinajstić information content (AvgIpc) is 3.52. The van der Waals surface area contributed by atoms with E-state index in [1.807, 2.05) is 0 Å². The molecule has 0 spiro atoms. The van der Waals surface area contributed by atoms with Crippen molar-refractivity contribution >= 4 is 19.8 Å². The molecule has 0 aliphatic carbocycles. The van der Waals surface area contributed by atoms with Gasteiger partial charge in [0.25, 0.3) is 0 Å². The van der Waals surface area contributed by atoms with E-state index < -0.39 is 26.5 Å². The van der Waals surface area contributed by atoms with Crippen LogP contribution in [0, 0.1) is 0 Å². The van der Waals surface area contributed by atoms with Crippen molar-refractivity contribution in [1.82, 2.24) is 0 Å². The van der Waals surface area contributed by atoms with Crippen LogP contribution in [0.1, 0.15) is 373 Å². The normalized spacial score (nSPS) is 13.2. The molecule has 9 nitrogen and oxygen atoms in total. The van der Waals surface area contributed by atoms with Gasteiger partial charge in [0.2, 0.25) is 0 Å². The summed E-state index contributed by atoms with van der Waals surface area (Å²) in [6, 6.07) is 0. The molecule has 2 unspecified atom stereocenters. The maximum atomic E-state index is 12.8. The maximum absolute atomic E-state index is 12.8. The number of hydrogen-bond donors (Lipinski definition) is 2. The Morgan fingerprint density at radius 1 is 0.365 bits per heavy atom. The molecule has 0 aliphatic heterocycles. The van der Waals surface area contributed by atoms with Gasteiger partial charge in [0.1, 0.15) is 6.61 Å². The van der Waals surface area contributed by atoms with Gasteiger partial charge in [-0.2, -0.15) is 0 Å². The number of hydrogen-bond acceptors (Lipinski definition) is 8. The number of phosphoric ester groups is 1. The molecule has 0 saturated carbocycles. The summed E-state index contributed by atoms with van der Waals surface area (Å²) < 4.78 is 33.2. The molecule has 0 fully saturated rings. The summed E-state index contributed by atoms with van der Waals surface area (Å²) in [5.74, 6) is -0.813. The zero-order valence-corrected chi connectivity index (χ0v) is 57.0. The molecule has 0 rings (SSSR count). The molecule has 2 atom stereocenters. The lowest BCUT2D eigenvalue weighted by Crippen LogP contribution is -2.29. The molecule has 0 aliphatic rings. The van der Waals surface area contributed by atoms with Crippen LogP contribution >= 0.6 is 7.82 Å². The van der Waals surface area contributed by atoms with Crippen LogP contribution in [0.15, 0.2) is 60.8 Å². The molecule has 0 aromatic rings. The average molecular weight is 1210 g/mol. The molecule has 85 heavy (non-hydrogen) atoms.